The van der Waals surface area contributed by atoms with Gasteiger partial charge in [-0.25, -0.2) is 14.5 Å². The Morgan fingerprint density at radius 1 is 1.05 bits per heavy atom. The summed E-state index contributed by atoms with van der Waals surface area (Å²) in [5.74, 6) is -3.72. The second kappa shape index (κ2) is 16.3. The molecule has 1 aliphatic heterocycles. The molecule has 1 aliphatic rings. The number of carbonyl (C=O) groups excluding carboxylic acids is 6. The molecule has 1 heterocycles. The maximum atomic E-state index is 13.8. The fourth-order valence-electron chi connectivity index (χ4n) is 3.98. The van der Waals surface area contributed by atoms with Gasteiger partial charge in [0.15, 0.2) is 0 Å². The number of nitrogens with one attached hydrogen (secondary N) is 2. The second-order valence-electron chi connectivity index (χ2n) is 9.03. The average Bonchev–Trinajstić information content (AvgIpc) is 3.42. The Balaban J connectivity index is 0.00000722. The summed E-state index contributed by atoms with van der Waals surface area (Å²) >= 11 is 0. The van der Waals surface area contributed by atoms with E-state index in [2.05, 4.69) is 10.6 Å². The van der Waals surface area contributed by atoms with Crippen LogP contribution in [0.4, 0.5) is 4.79 Å². The van der Waals surface area contributed by atoms with Crippen LogP contribution in [0.5, 0.6) is 0 Å². The van der Waals surface area contributed by atoms with Crippen molar-refractivity contribution in [2.75, 3.05) is 26.2 Å². The average molecular weight is 540 g/mol. The third-order valence-electron chi connectivity index (χ3n) is 5.80. The summed E-state index contributed by atoms with van der Waals surface area (Å²) in [4.78, 5) is 81.1. The van der Waals surface area contributed by atoms with E-state index in [1.165, 1.54) is 17.0 Å². The molecular formula is C26H36N4NaO7. The van der Waals surface area contributed by atoms with Crippen molar-refractivity contribution in [3.8, 4) is 0 Å². The number of nitrogens with zero attached hydrogens (tertiary/aromatic N) is 2. The van der Waals surface area contributed by atoms with Crippen molar-refractivity contribution < 1.29 is 33.5 Å². The molecule has 5 amide bonds. The molecule has 1 aromatic rings. The predicted molar refractivity (Wildman–Crippen MR) is 140 cm³/mol. The molecule has 11 nitrogen and oxygen atoms in total. The van der Waals surface area contributed by atoms with Gasteiger partial charge >= 0.3 is 12.0 Å². The zero-order valence-corrected chi connectivity index (χ0v) is 24.7. The van der Waals surface area contributed by atoms with E-state index in [0.29, 0.717) is 30.7 Å². The van der Waals surface area contributed by atoms with E-state index in [0.717, 1.165) is 12.8 Å². The Bertz CT molecular complexity index is 983. The quantitative estimate of drug-likeness (QED) is 0.134. The van der Waals surface area contributed by atoms with Gasteiger partial charge in [-0.2, -0.15) is 0 Å². The van der Waals surface area contributed by atoms with Gasteiger partial charge in [0.2, 0.25) is 11.4 Å². The van der Waals surface area contributed by atoms with Crippen LogP contribution in [-0.2, 0) is 23.9 Å². The van der Waals surface area contributed by atoms with Gasteiger partial charge in [-0.05, 0) is 45.2 Å². The van der Waals surface area contributed by atoms with Gasteiger partial charge in [0.05, 0.1) is 12.5 Å². The van der Waals surface area contributed by atoms with Crippen LogP contribution < -0.4 is 10.6 Å². The van der Waals surface area contributed by atoms with Crippen molar-refractivity contribution in [2.45, 2.75) is 64.5 Å². The molecule has 0 aromatic heterocycles. The number of imide groups is 1. The van der Waals surface area contributed by atoms with Crippen molar-refractivity contribution >= 4 is 65.6 Å². The Morgan fingerprint density at radius 2 is 1.68 bits per heavy atom. The van der Waals surface area contributed by atoms with Crippen molar-refractivity contribution in [3.63, 3.8) is 0 Å². The minimum atomic E-state index is -2.63. The molecule has 1 unspecified atom stereocenters. The maximum Gasteiger partial charge on any atom is 0.343 e. The predicted octanol–water partition coefficient (Wildman–Crippen LogP) is 1.28. The second-order valence-corrected chi connectivity index (χ2v) is 9.03. The Kier molecular flexibility index (Phi) is 14.2. The first-order valence-electron chi connectivity index (χ1n) is 12.6. The van der Waals surface area contributed by atoms with Crippen molar-refractivity contribution in [1.29, 1.82) is 0 Å². The monoisotopic (exact) mass is 539 g/mol. The molecule has 203 valence electrons. The zero-order valence-electron chi connectivity index (χ0n) is 22.7. The van der Waals surface area contributed by atoms with E-state index in [9.17, 15) is 28.8 Å². The zero-order chi connectivity index (χ0) is 27.4. The third-order valence-corrected chi connectivity index (χ3v) is 5.80. The van der Waals surface area contributed by atoms with Gasteiger partial charge in [0, 0.05) is 67.7 Å². The van der Waals surface area contributed by atoms with Gasteiger partial charge in [-0.15, -0.1) is 0 Å². The first kappa shape index (κ1) is 33.3. The fourth-order valence-corrected chi connectivity index (χ4v) is 3.98. The molecule has 0 saturated carbocycles. The van der Waals surface area contributed by atoms with E-state index in [-0.39, 0.29) is 54.6 Å². The standard InChI is InChI=1S/C26H36N4O7.Na/c1-4-13-27-23(34)26(24(35)37-19(2)3,18-21(32)29-15-8-9-16-29)30(25(36)28-14-10-17-31)22(33)20-11-6-5-7-12-20;/h5-7,11-12,17,19H,4,8-10,13-16,18H2,1-3H3,(H,27,34)(H,28,36);. The summed E-state index contributed by atoms with van der Waals surface area (Å²) in [5.41, 5.74) is -2.61. The number of aldehydes is 1. The number of esters is 1. The van der Waals surface area contributed by atoms with Crippen LogP contribution >= 0.6 is 0 Å². The number of benzene rings is 1. The number of likely N-dealkylation sites (tertiary alicyclic amines) is 1. The van der Waals surface area contributed by atoms with Crippen LogP contribution in [0.1, 0.15) is 63.2 Å². The number of hydrogen-bond donors (Lipinski definition) is 2. The van der Waals surface area contributed by atoms with Crippen LogP contribution in [0.15, 0.2) is 30.3 Å². The molecule has 1 radical (unpaired) electrons. The number of rotatable bonds is 12. The molecule has 38 heavy (non-hydrogen) atoms. The van der Waals surface area contributed by atoms with Gasteiger partial charge in [0.1, 0.15) is 6.29 Å². The first-order valence-corrected chi connectivity index (χ1v) is 12.6. The van der Waals surface area contributed by atoms with Gasteiger partial charge in [-0.3, -0.25) is 14.4 Å². The SMILES string of the molecule is CCCNC(=O)C(CC(=O)N1CCCC1)(C(=O)OC(C)C)N(C(=O)NCCC=O)C(=O)c1ccccc1.[Na]. The van der Waals surface area contributed by atoms with Crippen molar-refractivity contribution in [1.82, 2.24) is 20.4 Å². The summed E-state index contributed by atoms with van der Waals surface area (Å²) in [5, 5.41) is 5.02. The van der Waals surface area contributed by atoms with Gasteiger partial charge in [0.25, 0.3) is 11.8 Å². The van der Waals surface area contributed by atoms with Gasteiger partial charge in [-0.1, -0.05) is 25.1 Å². The van der Waals surface area contributed by atoms with Gasteiger partial charge < -0.3 is 25.1 Å². The molecule has 1 aromatic carbocycles. The van der Waals surface area contributed by atoms with E-state index >= 15 is 0 Å². The molecule has 1 fully saturated rings. The fraction of sp³-hybridized carbons (Fsp3) is 0.538. The molecule has 12 heteroatoms. The molecule has 0 bridgehead atoms. The number of ether oxygens (including phenoxy) is 1. The molecule has 2 rings (SSSR count). The maximum absolute atomic E-state index is 13.8. The molecule has 0 aliphatic carbocycles. The molecule has 1 saturated heterocycles. The van der Waals surface area contributed by atoms with Crippen molar-refractivity contribution in [3.05, 3.63) is 35.9 Å². The molecule has 1 atom stereocenters. The van der Waals surface area contributed by atoms with E-state index in [1.54, 1.807) is 39.0 Å². The minimum Gasteiger partial charge on any atom is -0.461 e. The summed E-state index contributed by atoms with van der Waals surface area (Å²) in [6, 6.07) is 6.55. The number of hydrogen-bond acceptors (Lipinski definition) is 7. The summed E-state index contributed by atoms with van der Waals surface area (Å²) in [6.07, 6.45) is 1.05. The minimum absolute atomic E-state index is 0. The van der Waals surface area contributed by atoms with Crippen LogP contribution in [0, 0.1) is 0 Å². The number of carbonyl (C=O) groups is 6. The molecular weight excluding hydrogens is 503 g/mol. The Hall–Kier alpha value is -2.76. The largest absolute Gasteiger partial charge is 0.461 e. The van der Waals surface area contributed by atoms with Crippen LogP contribution in [0.25, 0.3) is 0 Å². The number of amides is 5. The molecule has 2 N–H and O–H groups in total. The topological polar surface area (TPSA) is 142 Å². The smallest absolute Gasteiger partial charge is 0.343 e. The summed E-state index contributed by atoms with van der Waals surface area (Å²) in [7, 11) is 0. The van der Waals surface area contributed by atoms with Crippen molar-refractivity contribution in [2.24, 2.45) is 0 Å². The summed E-state index contributed by atoms with van der Waals surface area (Å²) < 4.78 is 5.42. The Labute approximate surface area is 245 Å². The molecule has 0 spiro atoms. The van der Waals surface area contributed by atoms with Crippen LogP contribution in [-0.4, -0.2) is 113 Å². The van der Waals surface area contributed by atoms with E-state index in [4.69, 9.17) is 4.74 Å². The Morgan fingerprint density at radius 3 is 2.24 bits per heavy atom. The summed E-state index contributed by atoms with van der Waals surface area (Å²) in [6.45, 7) is 5.76. The number of urea groups is 1. The first-order chi connectivity index (χ1) is 17.7. The third kappa shape index (κ3) is 8.37. The van der Waals surface area contributed by atoms with E-state index in [1.807, 2.05) is 0 Å². The van der Waals surface area contributed by atoms with E-state index < -0.39 is 47.8 Å². The normalized spacial score (nSPS) is 14.1. The van der Waals surface area contributed by atoms with Crippen LogP contribution in [0.2, 0.25) is 0 Å². The van der Waals surface area contributed by atoms with Crippen LogP contribution in [0.3, 0.4) is 0 Å².